The van der Waals surface area contributed by atoms with Gasteiger partial charge in [0.15, 0.2) is 5.76 Å². The van der Waals surface area contributed by atoms with Gasteiger partial charge in [-0.05, 0) is 25.0 Å². The number of para-hydroxylation sites is 1. The van der Waals surface area contributed by atoms with E-state index in [1.54, 1.807) is 35.2 Å². The van der Waals surface area contributed by atoms with Gasteiger partial charge in [0.1, 0.15) is 0 Å². The van der Waals surface area contributed by atoms with Gasteiger partial charge < -0.3 is 9.32 Å². The fourth-order valence-corrected chi connectivity index (χ4v) is 2.30. The summed E-state index contributed by atoms with van der Waals surface area (Å²) in [5.74, 6) is 0.0427. The lowest BCUT2D eigenvalue weighted by Crippen LogP contribution is -2.32. The van der Waals surface area contributed by atoms with Crippen LogP contribution in [0.1, 0.15) is 29.0 Å². The molecule has 2 aromatic rings. The zero-order valence-corrected chi connectivity index (χ0v) is 11.3. The van der Waals surface area contributed by atoms with Crippen LogP contribution in [0.2, 0.25) is 0 Å². The van der Waals surface area contributed by atoms with E-state index >= 15 is 0 Å². The number of hydrogen-bond acceptors (Lipinski definition) is 4. The second kappa shape index (κ2) is 5.40. The van der Waals surface area contributed by atoms with E-state index < -0.39 is 4.92 Å². The fourth-order valence-electron chi connectivity index (χ4n) is 2.30. The summed E-state index contributed by atoms with van der Waals surface area (Å²) in [6.45, 7) is 0.224. The number of amides is 1. The number of nitro benzene ring substituents is 1. The van der Waals surface area contributed by atoms with Crippen LogP contribution in [0.15, 0.2) is 47.1 Å². The SMILES string of the molecule is O=C(c1ccco1)N(Cc1ccccc1[N+](=O)[O-])C1CC1. The summed E-state index contributed by atoms with van der Waals surface area (Å²) in [6, 6.07) is 9.91. The van der Waals surface area contributed by atoms with Crippen LogP contribution < -0.4 is 0 Å². The van der Waals surface area contributed by atoms with Crippen molar-refractivity contribution in [3.8, 4) is 0 Å². The molecule has 3 rings (SSSR count). The molecule has 0 unspecified atom stereocenters. The summed E-state index contributed by atoms with van der Waals surface area (Å²) < 4.78 is 5.14. The first-order valence-corrected chi connectivity index (χ1v) is 6.73. The van der Waals surface area contributed by atoms with Crippen molar-refractivity contribution < 1.29 is 14.1 Å². The first-order valence-electron chi connectivity index (χ1n) is 6.73. The van der Waals surface area contributed by atoms with Crippen LogP contribution in [0.5, 0.6) is 0 Å². The molecule has 0 bridgehead atoms. The van der Waals surface area contributed by atoms with Gasteiger partial charge in [-0.25, -0.2) is 0 Å². The number of carbonyl (C=O) groups is 1. The predicted molar refractivity (Wildman–Crippen MR) is 74.7 cm³/mol. The molecule has 0 atom stereocenters. The molecule has 1 heterocycles. The molecule has 1 saturated carbocycles. The number of furan rings is 1. The molecular weight excluding hydrogens is 272 g/mol. The largest absolute Gasteiger partial charge is 0.459 e. The van der Waals surface area contributed by atoms with Crippen LogP contribution in [-0.2, 0) is 6.54 Å². The monoisotopic (exact) mass is 286 g/mol. The number of nitrogens with zero attached hydrogens (tertiary/aromatic N) is 2. The minimum Gasteiger partial charge on any atom is -0.459 e. The molecule has 6 nitrogen and oxygen atoms in total. The average Bonchev–Trinajstić information content (AvgIpc) is 3.17. The van der Waals surface area contributed by atoms with Crippen LogP contribution in [0.4, 0.5) is 5.69 Å². The number of rotatable bonds is 5. The Morgan fingerprint density at radius 3 is 2.67 bits per heavy atom. The molecule has 0 saturated heterocycles. The quantitative estimate of drug-likeness (QED) is 0.625. The van der Waals surface area contributed by atoms with E-state index in [0.29, 0.717) is 5.56 Å². The molecule has 1 aromatic heterocycles. The summed E-state index contributed by atoms with van der Waals surface area (Å²) in [6.07, 6.45) is 3.30. The second-order valence-corrected chi connectivity index (χ2v) is 5.03. The predicted octanol–water partition coefficient (Wildman–Crippen LogP) is 2.99. The van der Waals surface area contributed by atoms with Crippen LogP contribution in [0, 0.1) is 10.1 Å². The molecular formula is C15H14N2O4. The van der Waals surface area contributed by atoms with Crippen molar-refractivity contribution >= 4 is 11.6 Å². The summed E-state index contributed by atoms with van der Waals surface area (Å²) in [5.41, 5.74) is 0.574. The summed E-state index contributed by atoms with van der Waals surface area (Å²) in [4.78, 5) is 24.7. The molecule has 6 heteroatoms. The standard InChI is InChI=1S/C15H14N2O4/c18-15(14-6-3-9-21-14)16(12-7-8-12)10-11-4-1-2-5-13(11)17(19)20/h1-6,9,12H,7-8,10H2. The number of benzene rings is 1. The van der Waals surface area contributed by atoms with Gasteiger partial charge in [0.05, 0.1) is 17.7 Å². The molecule has 21 heavy (non-hydrogen) atoms. The van der Waals surface area contributed by atoms with Gasteiger partial charge in [0, 0.05) is 17.7 Å². The Balaban J connectivity index is 1.87. The molecule has 0 aliphatic heterocycles. The first-order chi connectivity index (χ1) is 10.2. The van der Waals surface area contributed by atoms with E-state index in [9.17, 15) is 14.9 Å². The van der Waals surface area contributed by atoms with Crippen molar-refractivity contribution in [2.75, 3.05) is 0 Å². The Morgan fingerprint density at radius 2 is 2.05 bits per heavy atom. The van der Waals surface area contributed by atoms with Gasteiger partial charge in [-0.2, -0.15) is 0 Å². The Hall–Kier alpha value is -2.63. The lowest BCUT2D eigenvalue weighted by molar-refractivity contribution is -0.385. The van der Waals surface area contributed by atoms with Gasteiger partial charge in [0.25, 0.3) is 11.6 Å². The number of nitro groups is 1. The van der Waals surface area contributed by atoms with Crippen LogP contribution >= 0.6 is 0 Å². The highest BCUT2D eigenvalue weighted by Gasteiger charge is 2.35. The second-order valence-electron chi connectivity index (χ2n) is 5.03. The summed E-state index contributed by atoms with van der Waals surface area (Å²) in [7, 11) is 0. The highest BCUT2D eigenvalue weighted by molar-refractivity contribution is 5.91. The zero-order valence-electron chi connectivity index (χ0n) is 11.3. The molecule has 108 valence electrons. The molecule has 1 amide bonds. The molecule has 1 fully saturated rings. The Bertz CT molecular complexity index is 662. The third kappa shape index (κ3) is 2.79. The summed E-state index contributed by atoms with van der Waals surface area (Å²) >= 11 is 0. The zero-order chi connectivity index (χ0) is 14.8. The third-order valence-corrected chi connectivity index (χ3v) is 3.51. The highest BCUT2D eigenvalue weighted by atomic mass is 16.6. The molecule has 1 aliphatic rings. The van der Waals surface area contributed by atoms with Crippen LogP contribution in [-0.4, -0.2) is 21.8 Å². The minimum atomic E-state index is -0.419. The van der Waals surface area contributed by atoms with E-state index in [-0.39, 0.29) is 29.9 Å². The molecule has 1 aromatic carbocycles. The van der Waals surface area contributed by atoms with Crippen molar-refractivity contribution in [2.45, 2.75) is 25.4 Å². The minimum absolute atomic E-state index is 0.0374. The van der Waals surface area contributed by atoms with Crippen molar-refractivity contribution in [3.63, 3.8) is 0 Å². The molecule has 0 spiro atoms. The lowest BCUT2D eigenvalue weighted by Gasteiger charge is -2.21. The van der Waals surface area contributed by atoms with E-state index in [1.807, 2.05) is 0 Å². The fraction of sp³-hybridized carbons (Fsp3) is 0.267. The highest BCUT2D eigenvalue weighted by Crippen LogP contribution is 2.31. The number of hydrogen-bond donors (Lipinski definition) is 0. The van der Waals surface area contributed by atoms with Crippen LogP contribution in [0.25, 0.3) is 0 Å². The van der Waals surface area contributed by atoms with E-state index in [0.717, 1.165) is 12.8 Å². The Morgan fingerprint density at radius 1 is 1.29 bits per heavy atom. The van der Waals surface area contributed by atoms with Gasteiger partial charge in [-0.15, -0.1) is 0 Å². The molecule has 0 radical (unpaired) electrons. The smallest absolute Gasteiger partial charge is 0.290 e. The van der Waals surface area contributed by atoms with Crippen LogP contribution in [0.3, 0.4) is 0 Å². The van der Waals surface area contributed by atoms with Gasteiger partial charge in [-0.1, -0.05) is 18.2 Å². The Labute approximate surface area is 121 Å². The van der Waals surface area contributed by atoms with Crippen molar-refractivity contribution in [2.24, 2.45) is 0 Å². The molecule has 1 aliphatic carbocycles. The summed E-state index contributed by atoms with van der Waals surface area (Å²) in [5, 5.41) is 11.1. The normalized spacial score (nSPS) is 13.9. The van der Waals surface area contributed by atoms with Gasteiger partial charge >= 0.3 is 0 Å². The van der Waals surface area contributed by atoms with E-state index in [2.05, 4.69) is 0 Å². The Kier molecular flexibility index (Phi) is 3.43. The van der Waals surface area contributed by atoms with Crippen molar-refractivity contribution in [1.82, 2.24) is 4.90 Å². The average molecular weight is 286 g/mol. The van der Waals surface area contributed by atoms with E-state index in [1.165, 1.54) is 12.3 Å². The van der Waals surface area contributed by atoms with Gasteiger partial charge in [0.2, 0.25) is 0 Å². The maximum atomic E-state index is 12.4. The van der Waals surface area contributed by atoms with Crippen molar-refractivity contribution in [1.29, 1.82) is 0 Å². The van der Waals surface area contributed by atoms with Crippen molar-refractivity contribution in [3.05, 3.63) is 64.1 Å². The maximum absolute atomic E-state index is 12.4. The number of carbonyl (C=O) groups excluding carboxylic acids is 1. The topological polar surface area (TPSA) is 76.6 Å². The maximum Gasteiger partial charge on any atom is 0.290 e. The first kappa shape index (κ1) is 13.4. The van der Waals surface area contributed by atoms with Gasteiger partial charge in [-0.3, -0.25) is 14.9 Å². The van der Waals surface area contributed by atoms with E-state index in [4.69, 9.17) is 4.42 Å². The lowest BCUT2D eigenvalue weighted by atomic mass is 10.1. The third-order valence-electron chi connectivity index (χ3n) is 3.51. The molecule has 0 N–H and O–H groups in total.